The van der Waals surface area contributed by atoms with Gasteiger partial charge in [0.15, 0.2) is 0 Å². The Labute approximate surface area is 150 Å². The Morgan fingerprint density at radius 3 is 2.26 bits per heavy atom. The van der Waals surface area contributed by atoms with Gasteiger partial charge in [-0.25, -0.2) is 4.39 Å². The van der Waals surface area contributed by atoms with Gasteiger partial charge in [-0.1, -0.05) is 11.6 Å². The van der Waals surface area contributed by atoms with Crippen molar-refractivity contribution in [1.29, 1.82) is 0 Å². The molecule has 134 valence electrons. The van der Waals surface area contributed by atoms with Gasteiger partial charge in [-0.2, -0.15) is 13.2 Å². The fourth-order valence-electron chi connectivity index (χ4n) is 2.62. The van der Waals surface area contributed by atoms with E-state index in [0.717, 1.165) is 6.07 Å². The lowest BCUT2D eigenvalue weighted by Crippen LogP contribution is -2.45. The summed E-state index contributed by atoms with van der Waals surface area (Å²) in [6.45, 7) is 2.70. The molecule has 1 fully saturated rings. The van der Waals surface area contributed by atoms with Crippen LogP contribution in [0.3, 0.4) is 0 Å². The van der Waals surface area contributed by atoms with Crippen LogP contribution in [0, 0.1) is 5.82 Å². The molecule has 0 aromatic heterocycles. The van der Waals surface area contributed by atoms with Crippen molar-refractivity contribution in [3.05, 3.63) is 34.6 Å². The zero-order chi connectivity index (χ0) is 15.5. The van der Waals surface area contributed by atoms with Crippen LogP contribution in [0.2, 0.25) is 5.02 Å². The molecule has 1 saturated heterocycles. The van der Waals surface area contributed by atoms with Gasteiger partial charge in [0.05, 0.1) is 0 Å². The summed E-state index contributed by atoms with van der Waals surface area (Å²) in [5.74, 6) is -0.523. The highest BCUT2D eigenvalue weighted by Gasteiger charge is 2.31. The zero-order valence-corrected chi connectivity index (χ0v) is 14.6. The molecule has 0 unspecified atom stereocenters. The van der Waals surface area contributed by atoms with Crippen LogP contribution >= 0.6 is 36.4 Å². The monoisotopic (exact) mass is 396 g/mol. The van der Waals surface area contributed by atoms with Gasteiger partial charge in [-0.05, 0) is 30.2 Å². The molecule has 9 heteroatoms. The molecule has 1 aromatic carbocycles. The Balaban J connectivity index is 0.00000242. The van der Waals surface area contributed by atoms with Gasteiger partial charge in [-0.3, -0.25) is 4.90 Å². The summed E-state index contributed by atoms with van der Waals surface area (Å²) in [5, 5.41) is 3.36. The Bertz CT molecular complexity index is 459. The molecule has 0 amide bonds. The first-order valence-corrected chi connectivity index (χ1v) is 7.20. The number of nitrogens with zero attached hydrogens (tertiary/aromatic N) is 1. The molecule has 0 spiro atoms. The predicted octanol–water partition coefficient (Wildman–Crippen LogP) is 4.61. The van der Waals surface area contributed by atoms with Gasteiger partial charge in [0, 0.05) is 43.7 Å². The van der Waals surface area contributed by atoms with E-state index in [9.17, 15) is 17.6 Å². The summed E-state index contributed by atoms with van der Waals surface area (Å²) < 4.78 is 51.1. The number of benzene rings is 1. The molecular weight excluding hydrogens is 379 g/mol. The lowest BCUT2D eigenvalue weighted by Gasteiger charge is -2.35. The van der Waals surface area contributed by atoms with Crippen LogP contribution in [0.4, 0.5) is 17.6 Å². The van der Waals surface area contributed by atoms with E-state index in [-0.39, 0.29) is 36.3 Å². The first-order chi connectivity index (χ1) is 9.85. The van der Waals surface area contributed by atoms with Crippen molar-refractivity contribution in [3.63, 3.8) is 0 Å². The van der Waals surface area contributed by atoms with Gasteiger partial charge in [0.2, 0.25) is 0 Å². The lowest BCUT2D eigenvalue weighted by molar-refractivity contribution is -0.138. The SMILES string of the molecule is Cl.Cl.Fc1cc(Cl)cc([C@H](CCC(F)(F)F)N2CCNCC2)c1. The smallest absolute Gasteiger partial charge is 0.314 e. The minimum atomic E-state index is -4.22. The van der Waals surface area contributed by atoms with E-state index < -0.39 is 24.5 Å². The summed E-state index contributed by atoms with van der Waals surface area (Å²) in [5.41, 5.74) is 0.506. The summed E-state index contributed by atoms with van der Waals surface area (Å²) >= 11 is 5.83. The number of hydrogen-bond acceptors (Lipinski definition) is 2. The molecule has 1 aromatic rings. The van der Waals surface area contributed by atoms with Crippen molar-refractivity contribution in [1.82, 2.24) is 10.2 Å². The molecule has 0 radical (unpaired) electrons. The summed E-state index contributed by atoms with van der Waals surface area (Å²) in [4.78, 5) is 1.95. The second kappa shape index (κ2) is 9.89. The zero-order valence-electron chi connectivity index (χ0n) is 12.2. The standard InChI is InChI=1S/C14H17ClF4N2.2ClH/c15-11-7-10(8-12(16)9-11)13(1-2-14(17,18)19)21-5-3-20-4-6-21;;/h7-9,13,20H,1-6H2;2*1H/t13-;;/m0../s1. The lowest BCUT2D eigenvalue weighted by atomic mass is 9.99. The number of alkyl halides is 3. The minimum Gasteiger partial charge on any atom is -0.314 e. The molecule has 1 heterocycles. The van der Waals surface area contributed by atoms with Crippen molar-refractivity contribution in [2.75, 3.05) is 26.2 Å². The Kier molecular flexibility index (Phi) is 9.77. The number of nitrogens with one attached hydrogen (secondary N) is 1. The van der Waals surface area contributed by atoms with E-state index in [0.29, 0.717) is 31.7 Å². The third kappa shape index (κ3) is 7.44. The van der Waals surface area contributed by atoms with E-state index >= 15 is 0 Å². The average molecular weight is 398 g/mol. The van der Waals surface area contributed by atoms with Crippen LogP contribution in [0.1, 0.15) is 24.4 Å². The largest absolute Gasteiger partial charge is 0.389 e. The molecule has 0 bridgehead atoms. The summed E-state index contributed by atoms with van der Waals surface area (Å²) in [7, 11) is 0. The van der Waals surface area contributed by atoms with Crippen molar-refractivity contribution in [2.45, 2.75) is 25.1 Å². The third-order valence-corrected chi connectivity index (χ3v) is 3.78. The second-order valence-corrected chi connectivity index (χ2v) is 5.59. The normalized spacial score (nSPS) is 17.1. The molecule has 2 nitrogen and oxygen atoms in total. The van der Waals surface area contributed by atoms with Crippen LogP contribution in [0.25, 0.3) is 0 Å². The molecule has 0 aliphatic carbocycles. The fourth-order valence-corrected chi connectivity index (χ4v) is 2.85. The van der Waals surface area contributed by atoms with Crippen molar-refractivity contribution in [3.8, 4) is 0 Å². The van der Waals surface area contributed by atoms with Crippen LogP contribution in [0.15, 0.2) is 18.2 Å². The van der Waals surface area contributed by atoms with E-state index in [1.165, 1.54) is 6.07 Å². The number of hydrogen-bond donors (Lipinski definition) is 1. The summed E-state index contributed by atoms with van der Waals surface area (Å²) in [6.07, 6.45) is -5.21. The molecule has 1 atom stereocenters. The molecular formula is C14H19Cl3F4N2. The van der Waals surface area contributed by atoms with Crippen molar-refractivity contribution in [2.24, 2.45) is 0 Å². The molecule has 1 aliphatic heterocycles. The van der Waals surface area contributed by atoms with E-state index in [1.54, 1.807) is 6.07 Å². The fraction of sp³-hybridized carbons (Fsp3) is 0.571. The topological polar surface area (TPSA) is 15.3 Å². The highest BCUT2D eigenvalue weighted by atomic mass is 35.5. The Hall–Kier alpha value is -0.270. The van der Waals surface area contributed by atoms with Gasteiger partial charge in [0.25, 0.3) is 0 Å². The highest BCUT2D eigenvalue weighted by Crippen LogP contribution is 2.33. The van der Waals surface area contributed by atoms with Gasteiger partial charge in [-0.15, -0.1) is 24.8 Å². The maximum absolute atomic E-state index is 13.5. The maximum atomic E-state index is 13.5. The van der Waals surface area contributed by atoms with E-state index in [4.69, 9.17) is 11.6 Å². The average Bonchev–Trinajstić information content (AvgIpc) is 2.37. The minimum absolute atomic E-state index is 0. The van der Waals surface area contributed by atoms with Crippen LogP contribution < -0.4 is 5.32 Å². The van der Waals surface area contributed by atoms with Crippen LogP contribution in [-0.2, 0) is 0 Å². The van der Waals surface area contributed by atoms with Crippen LogP contribution in [0.5, 0.6) is 0 Å². The van der Waals surface area contributed by atoms with Crippen LogP contribution in [-0.4, -0.2) is 37.3 Å². The molecule has 1 N–H and O–H groups in total. The van der Waals surface area contributed by atoms with Gasteiger partial charge >= 0.3 is 6.18 Å². The Morgan fingerprint density at radius 1 is 1.13 bits per heavy atom. The van der Waals surface area contributed by atoms with Gasteiger partial charge < -0.3 is 5.32 Å². The Morgan fingerprint density at radius 2 is 1.74 bits per heavy atom. The number of rotatable bonds is 4. The third-order valence-electron chi connectivity index (χ3n) is 3.56. The molecule has 0 saturated carbocycles. The number of halogens is 7. The second-order valence-electron chi connectivity index (χ2n) is 5.16. The first kappa shape index (κ1) is 22.7. The quantitative estimate of drug-likeness (QED) is 0.746. The van der Waals surface area contributed by atoms with E-state index in [1.807, 2.05) is 4.90 Å². The first-order valence-electron chi connectivity index (χ1n) is 6.83. The molecule has 2 rings (SSSR count). The molecule has 23 heavy (non-hydrogen) atoms. The predicted molar refractivity (Wildman–Crippen MR) is 88.4 cm³/mol. The highest BCUT2D eigenvalue weighted by molar-refractivity contribution is 6.30. The van der Waals surface area contributed by atoms with Crippen molar-refractivity contribution < 1.29 is 17.6 Å². The molecule has 1 aliphatic rings. The van der Waals surface area contributed by atoms with Crippen molar-refractivity contribution >= 4 is 36.4 Å². The number of piperazine rings is 1. The van der Waals surface area contributed by atoms with E-state index in [2.05, 4.69) is 5.32 Å². The maximum Gasteiger partial charge on any atom is 0.389 e. The van der Waals surface area contributed by atoms with Gasteiger partial charge in [0.1, 0.15) is 5.82 Å². The summed E-state index contributed by atoms with van der Waals surface area (Å²) in [6, 6.07) is 3.51.